The van der Waals surface area contributed by atoms with Crippen molar-refractivity contribution in [2.24, 2.45) is 0 Å². The Morgan fingerprint density at radius 3 is 2.54 bits per heavy atom. The number of methoxy groups -OCH3 is 2. The average Bonchev–Trinajstić information content (AvgIpc) is 3.73. The van der Waals surface area contributed by atoms with Crippen molar-refractivity contribution in [3.63, 3.8) is 0 Å². The van der Waals surface area contributed by atoms with Crippen molar-refractivity contribution in [2.75, 3.05) is 25.9 Å². The van der Waals surface area contributed by atoms with E-state index in [1.54, 1.807) is 30.3 Å². The van der Waals surface area contributed by atoms with Gasteiger partial charge in [-0.15, -0.1) is 12.6 Å². The summed E-state index contributed by atoms with van der Waals surface area (Å²) in [5, 5.41) is 10.7. The molecule has 1 aromatic heterocycles. The highest BCUT2D eigenvalue weighted by Crippen LogP contribution is 2.39. The van der Waals surface area contributed by atoms with Crippen molar-refractivity contribution in [3.05, 3.63) is 53.2 Å². The van der Waals surface area contributed by atoms with Gasteiger partial charge in [-0.3, -0.25) is 24.2 Å². The number of aromatic nitrogens is 1. The molecule has 1 aliphatic rings. The summed E-state index contributed by atoms with van der Waals surface area (Å²) >= 11 is 10.1. The molecule has 0 spiro atoms. The highest BCUT2D eigenvalue weighted by atomic mass is 35.5. The molecular weight excluding hydrogens is 593 g/mol. The number of halogens is 1. The number of benzene rings is 2. The molecule has 0 aliphatic heterocycles. The minimum atomic E-state index is -3.73. The molecule has 3 aromatic rings. The number of ether oxygens (including phenoxy) is 3. The first kappa shape index (κ1) is 30.6. The molecule has 0 radical (unpaired) electrons. The predicted octanol–water partition coefficient (Wildman–Crippen LogP) is 4.93. The van der Waals surface area contributed by atoms with Gasteiger partial charge in [-0.1, -0.05) is 11.6 Å². The van der Waals surface area contributed by atoms with Gasteiger partial charge in [0.1, 0.15) is 23.6 Å². The minimum Gasteiger partial charge on any atom is -0.496 e. The maximum atomic E-state index is 13.4. The Hall–Kier alpha value is -3.35. The van der Waals surface area contributed by atoms with Crippen LogP contribution in [0.2, 0.25) is 5.02 Å². The maximum absolute atomic E-state index is 13.4. The third-order valence-corrected chi connectivity index (χ3v) is 8.65. The number of nitrogens with zero attached hydrogens (tertiary/aromatic N) is 1. The van der Waals surface area contributed by atoms with Crippen LogP contribution in [0.4, 0.5) is 10.5 Å². The van der Waals surface area contributed by atoms with Crippen LogP contribution in [0.15, 0.2) is 42.6 Å². The summed E-state index contributed by atoms with van der Waals surface area (Å²) in [6.45, 7) is 1.47. The van der Waals surface area contributed by atoms with Crippen LogP contribution in [-0.2, 0) is 14.1 Å². The topological polar surface area (TPSA) is 157 Å². The molecular formula is C26H29ClN5O7PS. The number of nitrogens with one attached hydrogen (secondary N) is 4. The predicted molar refractivity (Wildman–Crippen MR) is 159 cm³/mol. The Bertz CT molecular complexity index is 1540. The number of amides is 3. The SMILES string of the molecule is COCP(=O)(NC(=O)c1cc2c(Oc3ccc(NC(=O)NC4CC4)c(Cl)c3)ccnc2cc1OC)N[C@@H](C)C(=O)S. The van der Waals surface area contributed by atoms with Gasteiger partial charge in [-0.2, -0.15) is 0 Å². The lowest BCUT2D eigenvalue weighted by molar-refractivity contribution is -0.111. The van der Waals surface area contributed by atoms with E-state index in [1.807, 2.05) is 0 Å². The van der Waals surface area contributed by atoms with Crippen LogP contribution in [0.25, 0.3) is 10.9 Å². The molecule has 1 fully saturated rings. The monoisotopic (exact) mass is 621 g/mol. The number of carbonyl (C=O) groups excluding carboxylic acids is 3. The summed E-state index contributed by atoms with van der Waals surface area (Å²) in [6.07, 6.45) is 3.08. The van der Waals surface area contributed by atoms with E-state index in [0.29, 0.717) is 28.1 Å². The zero-order chi connectivity index (χ0) is 29.7. The minimum absolute atomic E-state index is 0.0417. The van der Waals surface area contributed by atoms with Gasteiger partial charge in [0.05, 0.1) is 34.9 Å². The van der Waals surface area contributed by atoms with Crippen LogP contribution in [0, 0.1) is 0 Å². The van der Waals surface area contributed by atoms with E-state index in [4.69, 9.17) is 25.8 Å². The Morgan fingerprint density at radius 1 is 1.15 bits per heavy atom. The molecule has 218 valence electrons. The molecule has 15 heteroatoms. The molecule has 1 aliphatic carbocycles. The fourth-order valence-electron chi connectivity index (χ4n) is 3.82. The van der Waals surface area contributed by atoms with Crippen LogP contribution in [0.1, 0.15) is 30.1 Å². The molecule has 4 N–H and O–H groups in total. The molecule has 41 heavy (non-hydrogen) atoms. The second kappa shape index (κ2) is 13.1. The lowest BCUT2D eigenvalue weighted by Gasteiger charge is -2.23. The fraction of sp³-hybridized carbons (Fsp3) is 0.308. The quantitative estimate of drug-likeness (QED) is 0.140. The third kappa shape index (κ3) is 7.90. The first-order chi connectivity index (χ1) is 19.5. The average molecular weight is 622 g/mol. The number of carbonyl (C=O) groups is 3. The zero-order valence-corrected chi connectivity index (χ0v) is 24.9. The van der Waals surface area contributed by atoms with Gasteiger partial charge in [0.2, 0.25) is 5.12 Å². The zero-order valence-electron chi connectivity index (χ0n) is 22.4. The summed E-state index contributed by atoms with van der Waals surface area (Å²) in [6, 6.07) is 8.41. The van der Waals surface area contributed by atoms with Gasteiger partial charge >= 0.3 is 6.03 Å². The summed E-state index contributed by atoms with van der Waals surface area (Å²) in [7, 11) is -1.03. The third-order valence-electron chi connectivity index (χ3n) is 5.96. The first-order valence-electron chi connectivity index (χ1n) is 12.4. The van der Waals surface area contributed by atoms with Gasteiger partial charge in [-0.25, -0.2) is 9.88 Å². The van der Waals surface area contributed by atoms with E-state index >= 15 is 0 Å². The van der Waals surface area contributed by atoms with Gasteiger partial charge in [0.15, 0.2) is 0 Å². The highest BCUT2D eigenvalue weighted by Gasteiger charge is 2.30. The Labute approximate surface area is 246 Å². The van der Waals surface area contributed by atoms with Crippen molar-refractivity contribution in [2.45, 2.75) is 31.8 Å². The summed E-state index contributed by atoms with van der Waals surface area (Å²) in [5.41, 5.74) is 0.924. The number of fused-ring (bicyclic) bond motifs is 1. The van der Waals surface area contributed by atoms with Crippen LogP contribution >= 0.6 is 31.7 Å². The molecule has 2 atom stereocenters. The van der Waals surface area contributed by atoms with Gasteiger partial charge in [-0.05, 0) is 44.0 Å². The Balaban J connectivity index is 1.60. The molecule has 4 rings (SSSR count). The van der Waals surface area contributed by atoms with Crippen molar-refractivity contribution in [1.82, 2.24) is 20.5 Å². The number of urea groups is 1. The fourth-order valence-corrected chi connectivity index (χ4v) is 5.96. The number of hydrogen-bond acceptors (Lipinski definition) is 8. The summed E-state index contributed by atoms with van der Waals surface area (Å²) in [5.74, 6) is 0.150. The molecule has 1 heterocycles. The normalized spacial score (nSPS) is 15.0. The van der Waals surface area contributed by atoms with Crippen LogP contribution in [0.5, 0.6) is 17.2 Å². The van der Waals surface area contributed by atoms with E-state index in [9.17, 15) is 18.9 Å². The number of hydrogen-bond donors (Lipinski definition) is 5. The second-order valence-corrected chi connectivity index (χ2v) is 12.3. The van der Waals surface area contributed by atoms with Gasteiger partial charge in [0.25, 0.3) is 13.4 Å². The van der Waals surface area contributed by atoms with Crippen LogP contribution < -0.4 is 30.3 Å². The second-order valence-electron chi connectivity index (χ2n) is 9.28. The maximum Gasteiger partial charge on any atom is 0.319 e. The Kier molecular flexibility index (Phi) is 9.77. The van der Waals surface area contributed by atoms with E-state index in [0.717, 1.165) is 12.8 Å². The first-order valence-corrected chi connectivity index (χ1v) is 15.2. The van der Waals surface area contributed by atoms with Crippen LogP contribution in [-0.4, -0.2) is 54.7 Å². The van der Waals surface area contributed by atoms with E-state index in [1.165, 1.54) is 33.4 Å². The van der Waals surface area contributed by atoms with Crippen LogP contribution in [0.3, 0.4) is 0 Å². The van der Waals surface area contributed by atoms with E-state index < -0.39 is 24.5 Å². The number of rotatable bonds is 12. The molecule has 3 amide bonds. The summed E-state index contributed by atoms with van der Waals surface area (Å²) in [4.78, 5) is 41.4. The van der Waals surface area contributed by atoms with Crippen molar-refractivity contribution >= 4 is 65.3 Å². The standard InChI is InChI=1S/C26H29ClN5O7PS/c1-14(25(34)41)31-40(36,13-37-2)32-24(33)18-11-17-21(12-23(18)38-3)28-9-8-22(17)39-16-6-7-20(19(27)10-16)30-26(35)29-15-4-5-15/h6-12,14-15H,4-5,13H2,1-3H3,(H,34,41)(H2,29,30,35)(H2,31,32,33,36)/t14-,40?/m0/s1. The molecule has 12 nitrogen and oxygen atoms in total. The molecule has 0 bridgehead atoms. The Morgan fingerprint density at radius 2 is 1.90 bits per heavy atom. The molecule has 1 saturated carbocycles. The molecule has 2 aromatic carbocycles. The lowest BCUT2D eigenvalue weighted by atomic mass is 10.1. The largest absolute Gasteiger partial charge is 0.496 e. The smallest absolute Gasteiger partial charge is 0.319 e. The van der Waals surface area contributed by atoms with Crippen molar-refractivity contribution in [3.8, 4) is 17.2 Å². The van der Waals surface area contributed by atoms with E-state index in [2.05, 4.69) is 38.4 Å². The number of pyridine rings is 1. The summed E-state index contributed by atoms with van der Waals surface area (Å²) < 4.78 is 29.9. The number of thiol groups is 1. The highest BCUT2D eigenvalue weighted by molar-refractivity contribution is 7.96. The lowest BCUT2D eigenvalue weighted by Crippen LogP contribution is -2.37. The molecule has 1 unspecified atom stereocenters. The number of anilines is 1. The van der Waals surface area contributed by atoms with Crippen molar-refractivity contribution < 1.29 is 33.2 Å². The van der Waals surface area contributed by atoms with Gasteiger partial charge in [0, 0.05) is 36.9 Å². The molecule has 0 saturated heterocycles. The van der Waals surface area contributed by atoms with Crippen molar-refractivity contribution in [1.29, 1.82) is 0 Å². The van der Waals surface area contributed by atoms with Gasteiger partial charge < -0.3 is 24.8 Å². The van der Waals surface area contributed by atoms with E-state index in [-0.39, 0.29) is 34.8 Å².